The lowest BCUT2D eigenvalue weighted by molar-refractivity contribution is 0.584. The minimum atomic E-state index is -0.701. The molecule has 2 aromatic heterocycles. The number of nitrogen functional groups attached to an aromatic ring is 1. The zero-order chi connectivity index (χ0) is 19.0. The molecule has 3 aromatic rings. The van der Waals surface area contributed by atoms with Crippen LogP contribution in [-0.4, -0.2) is 25.5 Å². The van der Waals surface area contributed by atoms with Crippen LogP contribution in [0.1, 0.15) is 19.8 Å². The monoisotopic (exact) mass is 369 g/mol. The molecule has 0 atom stereocenters. The highest BCUT2D eigenvalue weighted by Crippen LogP contribution is 2.37. The fourth-order valence-corrected chi connectivity index (χ4v) is 2.52. The Bertz CT molecular complexity index is 985. The van der Waals surface area contributed by atoms with Crippen LogP contribution >= 0.6 is 0 Å². The first-order valence-corrected chi connectivity index (χ1v) is 8.39. The molecule has 4 N–H and O–H groups in total. The fourth-order valence-electron chi connectivity index (χ4n) is 2.52. The number of nitrogens with zero attached hydrogens (tertiary/aromatic N) is 4. The number of rotatable bonds is 5. The van der Waals surface area contributed by atoms with Gasteiger partial charge in [-0.1, -0.05) is 6.07 Å². The smallest absolute Gasteiger partial charge is 0.232 e. The van der Waals surface area contributed by atoms with Gasteiger partial charge in [-0.25, -0.2) is 13.8 Å². The molecule has 0 aliphatic heterocycles. The second-order valence-corrected chi connectivity index (χ2v) is 6.72. The molecule has 27 heavy (non-hydrogen) atoms. The first-order chi connectivity index (χ1) is 12.9. The van der Waals surface area contributed by atoms with Gasteiger partial charge in [0.15, 0.2) is 5.82 Å². The topological polar surface area (TPSA) is 102 Å². The third-order valence-corrected chi connectivity index (χ3v) is 4.17. The molecule has 1 aliphatic carbocycles. The first kappa shape index (κ1) is 17.1. The molecule has 0 bridgehead atoms. The molecular weight excluding hydrogens is 352 g/mol. The van der Waals surface area contributed by atoms with Gasteiger partial charge in [0.25, 0.3) is 0 Å². The highest BCUT2D eigenvalue weighted by atomic mass is 19.1. The summed E-state index contributed by atoms with van der Waals surface area (Å²) in [7, 11) is 0. The standard InChI is InChI=1S/C18H17F2N7/c1-18(5-6-18)27-17-25-15(13-3-2-4-14(21)23-13)24-16(26-17)22-12-8-10(19)7-11(20)9-12/h2-4,7-9H,5-6H2,1H3,(H2,21,23)(H2,22,24,25,26,27). The van der Waals surface area contributed by atoms with Gasteiger partial charge in [0.1, 0.15) is 23.1 Å². The summed E-state index contributed by atoms with van der Waals surface area (Å²) in [6.07, 6.45) is 2.00. The second-order valence-electron chi connectivity index (χ2n) is 6.72. The Morgan fingerprint density at radius 1 is 0.963 bits per heavy atom. The van der Waals surface area contributed by atoms with E-state index in [-0.39, 0.29) is 17.2 Å². The van der Waals surface area contributed by atoms with Gasteiger partial charge in [-0.05, 0) is 44.0 Å². The normalized spacial score (nSPS) is 14.6. The number of nitrogens with one attached hydrogen (secondary N) is 2. The van der Waals surface area contributed by atoms with Gasteiger partial charge in [-0.2, -0.15) is 15.0 Å². The van der Waals surface area contributed by atoms with E-state index >= 15 is 0 Å². The van der Waals surface area contributed by atoms with Crippen LogP contribution in [0.4, 0.5) is 32.2 Å². The Hall–Kier alpha value is -3.36. The predicted octanol–water partition coefficient (Wildman–Crippen LogP) is 3.50. The molecule has 2 heterocycles. The van der Waals surface area contributed by atoms with E-state index < -0.39 is 11.6 Å². The van der Waals surface area contributed by atoms with Gasteiger partial charge in [0.2, 0.25) is 11.9 Å². The van der Waals surface area contributed by atoms with Gasteiger partial charge in [-0.15, -0.1) is 0 Å². The first-order valence-electron chi connectivity index (χ1n) is 8.39. The molecule has 1 aliphatic rings. The van der Waals surface area contributed by atoms with Crippen molar-refractivity contribution in [2.75, 3.05) is 16.4 Å². The van der Waals surface area contributed by atoms with Crippen molar-refractivity contribution >= 4 is 23.4 Å². The van der Waals surface area contributed by atoms with E-state index in [1.165, 1.54) is 0 Å². The van der Waals surface area contributed by atoms with E-state index in [9.17, 15) is 8.78 Å². The number of halogens is 2. The van der Waals surface area contributed by atoms with Gasteiger partial charge in [-0.3, -0.25) is 0 Å². The third-order valence-electron chi connectivity index (χ3n) is 4.17. The maximum Gasteiger partial charge on any atom is 0.232 e. The average Bonchev–Trinajstić information content (AvgIpc) is 3.30. The summed E-state index contributed by atoms with van der Waals surface area (Å²) in [5.74, 6) is -0.285. The third kappa shape index (κ3) is 4.08. The van der Waals surface area contributed by atoms with Gasteiger partial charge in [0.05, 0.1) is 0 Å². The van der Waals surface area contributed by atoms with Crippen LogP contribution in [0.25, 0.3) is 11.5 Å². The molecule has 9 heteroatoms. The molecular formula is C18H17F2N7. The predicted molar refractivity (Wildman–Crippen MR) is 98.4 cm³/mol. The summed E-state index contributed by atoms with van der Waals surface area (Å²) in [5.41, 5.74) is 6.33. The molecule has 0 unspecified atom stereocenters. The summed E-state index contributed by atoms with van der Waals surface area (Å²) in [6.45, 7) is 2.06. The lowest BCUT2D eigenvalue weighted by Crippen LogP contribution is -2.19. The van der Waals surface area contributed by atoms with E-state index in [0.717, 1.165) is 31.0 Å². The second kappa shape index (κ2) is 6.42. The number of nitrogens with two attached hydrogens (primary N) is 1. The Morgan fingerprint density at radius 2 is 1.67 bits per heavy atom. The molecule has 0 amide bonds. The number of pyridine rings is 1. The van der Waals surface area contributed by atoms with Crippen molar-refractivity contribution in [1.29, 1.82) is 0 Å². The van der Waals surface area contributed by atoms with Crippen molar-refractivity contribution in [1.82, 2.24) is 19.9 Å². The van der Waals surface area contributed by atoms with Gasteiger partial charge < -0.3 is 16.4 Å². The quantitative estimate of drug-likeness (QED) is 0.632. The molecule has 4 rings (SSSR count). The molecule has 7 nitrogen and oxygen atoms in total. The molecule has 1 aromatic carbocycles. The average molecular weight is 369 g/mol. The summed E-state index contributed by atoms with van der Waals surface area (Å²) < 4.78 is 26.9. The Morgan fingerprint density at radius 3 is 2.33 bits per heavy atom. The van der Waals surface area contributed by atoms with Crippen LogP contribution in [0, 0.1) is 11.6 Å². The number of hydrogen-bond donors (Lipinski definition) is 3. The lowest BCUT2D eigenvalue weighted by Gasteiger charge is -2.14. The fraction of sp³-hybridized carbons (Fsp3) is 0.222. The molecule has 0 radical (unpaired) electrons. The number of hydrogen-bond acceptors (Lipinski definition) is 7. The van der Waals surface area contributed by atoms with Crippen LogP contribution in [-0.2, 0) is 0 Å². The minimum Gasteiger partial charge on any atom is -0.384 e. The van der Waals surface area contributed by atoms with Gasteiger partial charge in [0, 0.05) is 17.3 Å². The van der Waals surface area contributed by atoms with E-state index in [0.29, 0.717) is 23.3 Å². The molecule has 1 fully saturated rings. The van der Waals surface area contributed by atoms with Crippen LogP contribution in [0.5, 0.6) is 0 Å². The molecule has 0 saturated heterocycles. The van der Waals surface area contributed by atoms with E-state index in [4.69, 9.17) is 5.73 Å². The Kier molecular flexibility index (Phi) is 4.06. The highest BCUT2D eigenvalue weighted by Gasteiger charge is 2.38. The van der Waals surface area contributed by atoms with Crippen LogP contribution in [0.3, 0.4) is 0 Å². The summed E-state index contributed by atoms with van der Waals surface area (Å²) >= 11 is 0. The molecule has 0 spiro atoms. The van der Waals surface area contributed by atoms with E-state index in [1.54, 1.807) is 18.2 Å². The maximum absolute atomic E-state index is 13.5. The lowest BCUT2D eigenvalue weighted by atomic mass is 10.3. The largest absolute Gasteiger partial charge is 0.384 e. The zero-order valence-corrected chi connectivity index (χ0v) is 14.5. The van der Waals surface area contributed by atoms with Crippen molar-refractivity contribution in [3.63, 3.8) is 0 Å². The number of anilines is 4. The van der Waals surface area contributed by atoms with Crippen molar-refractivity contribution < 1.29 is 8.78 Å². The SMILES string of the molecule is CC1(Nc2nc(Nc3cc(F)cc(F)c3)nc(-c3cccc(N)n3)n2)CC1. The molecule has 1 saturated carbocycles. The van der Waals surface area contributed by atoms with Crippen LogP contribution in [0.2, 0.25) is 0 Å². The number of aromatic nitrogens is 4. The summed E-state index contributed by atoms with van der Waals surface area (Å²) in [6, 6.07) is 8.22. The van der Waals surface area contributed by atoms with Crippen molar-refractivity contribution in [3.8, 4) is 11.5 Å². The van der Waals surface area contributed by atoms with Crippen molar-refractivity contribution in [2.45, 2.75) is 25.3 Å². The van der Waals surface area contributed by atoms with E-state index in [2.05, 4.69) is 37.5 Å². The summed E-state index contributed by atoms with van der Waals surface area (Å²) in [4.78, 5) is 17.3. The van der Waals surface area contributed by atoms with Crippen LogP contribution < -0.4 is 16.4 Å². The Labute approximate surface area is 154 Å². The van der Waals surface area contributed by atoms with Crippen molar-refractivity contribution in [3.05, 3.63) is 48.0 Å². The Balaban J connectivity index is 1.73. The van der Waals surface area contributed by atoms with Crippen molar-refractivity contribution in [2.24, 2.45) is 0 Å². The zero-order valence-electron chi connectivity index (χ0n) is 14.5. The van der Waals surface area contributed by atoms with Crippen LogP contribution in [0.15, 0.2) is 36.4 Å². The van der Waals surface area contributed by atoms with E-state index in [1.807, 2.05) is 0 Å². The van der Waals surface area contributed by atoms with Gasteiger partial charge >= 0.3 is 0 Å². The molecule has 138 valence electrons. The highest BCUT2D eigenvalue weighted by molar-refractivity contribution is 5.60. The summed E-state index contributed by atoms with van der Waals surface area (Å²) in [5, 5.41) is 6.07. The minimum absolute atomic E-state index is 0.0655. The maximum atomic E-state index is 13.5. The number of benzene rings is 1.